The summed E-state index contributed by atoms with van der Waals surface area (Å²) < 4.78 is 0. The van der Waals surface area contributed by atoms with E-state index in [0.29, 0.717) is 10.7 Å². The summed E-state index contributed by atoms with van der Waals surface area (Å²) in [6, 6.07) is 18.2. The van der Waals surface area contributed by atoms with E-state index in [2.05, 4.69) is 39.5 Å². The van der Waals surface area contributed by atoms with Gasteiger partial charge in [0, 0.05) is 37.3 Å². The molecule has 2 heterocycles. The number of aromatic nitrogens is 1. The summed E-state index contributed by atoms with van der Waals surface area (Å²) in [7, 11) is 0. The minimum atomic E-state index is -0.0862. The fourth-order valence-corrected chi connectivity index (χ4v) is 3.75. The van der Waals surface area contributed by atoms with Crippen molar-refractivity contribution in [1.82, 2.24) is 15.2 Å². The van der Waals surface area contributed by atoms with E-state index >= 15 is 0 Å². The Balaban J connectivity index is 1.44. The topological polar surface area (TPSA) is 45.2 Å². The molecule has 1 aliphatic rings. The average Bonchev–Trinajstić information content (AvgIpc) is 3.10. The number of amides is 1. The first-order valence-electron chi connectivity index (χ1n) is 8.81. The minimum absolute atomic E-state index is 0.0862. The van der Waals surface area contributed by atoms with Crippen molar-refractivity contribution in [2.24, 2.45) is 0 Å². The Hall–Kier alpha value is -2.43. The van der Waals surface area contributed by atoms with Gasteiger partial charge in [0.2, 0.25) is 0 Å². The van der Waals surface area contributed by atoms with Crippen molar-refractivity contribution in [3.63, 3.8) is 0 Å². The van der Waals surface area contributed by atoms with Gasteiger partial charge >= 0.3 is 0 Å². The van der Waals surface area contributed by atoms with Gasteiger partial charge in [0.15, 0.2) is 0 Å². The molecule has 4 nitrogen and oxygen atoms in total. The van der Waals surface area contributed by atoms with Gasteiger partial charge in [-0.15, -0.1) is 0 Å². The monoisotopic (exact) mass is 365 g/mol. The van der Waals surface area contributed by atoms with E-state index in [1.54, 1.807) is 6.20 Å². The molecule has 26 heavy (non-hydrogen) atoms. The molecule has 2 aromatic carbocycles. The number of likely N-dealkylation sites (tertiary alicyclic amines) is 1. The number of rotatable bonds is 4. The van der Waals surface area contributed by atoms with Crippen LogP contribution in [-0.2, 0) is 6.54 Å². The number of benzene rings is 2. The number of nitrogens with one attached hydrogen (secondary N) is 1. The second-order valence-electron chi connectivity index (χ2n) is 6.69. The molecule has 1 N–H and O–H groups in total. The SMILES string of the molecule is O=C(NC1CCN(Cc2ccccc2)C1)c1cnc(Cl)c2ccccc12. The molecule has 1 aliphatic heterocycles. The van der Waals surface area contributed by atoms with Crippen LogP contribution in [0.4, 0.5) is 0 Å². The molecule has 3 aromatic rings. The zero-order valence-corrected chi connectivity index (χ0v) is 15.1. The Morgan fingerprint density at radius 2 is 1.85 bits per heavy atom. The molecule has 0 saturated carbocycles. The van der Waals surface area contributed by atoms with E-state index in [4.69, 9.17) is 11.6 Å². The van der Waals surface area contributed by atoms with E-state index in [-0.39, 0.29) is 11.9 Å². The highest BCUT2D eigenvalue weighted by Crippen LogP contribution is 2.24. The van der Waals surface area contributed by atoms with Crippen LogP contribution in [0.15, 0.2) is 60.8 Å². The van der Waals surface area contributed by atoms with Gasteiger partial charge in [0.05, 0.1) is 5.56 Å². The van der Waals surface area contributed by atoms with Gasteiger partial charge in [0.1, 0.15) is 5.15 Å². The molecule has 0 aliphatic carbocycles. The molecule has 0 radical (unpaired) electrons. The van der Waals surface area contributed by atoms with Gasteiger partial charge < -0.3 is 5.32 Å². The minimum Gasteiger partial charge on any atom is -0.348 e. The number of hydrogen-bond donors (Lipinski definition) is 1. The summed E-state index contributed by atoms with van der Waals surface area (Å²) in [6.07, 6.45) is 2.52. The van der Waals surface area contributed by atoms with E-state index in [1.807, 2.05) is 30.3 Å². The number of fused-ring (bicyclic) bond motifs is 1. The van der Waals surface area contributed by atoms with Crippen molar-refractivity contribution in [2.75, 3.05) is 13.1 Å². The molecule has 1 aromatic heterocycles. The van der Waals surface area contributed by atoms with Crippen molar-refractivity contribution in [1.29, 1.82) is 0 Å². The molecular weight excluding hydrogens is 346 g/mol. The highest BCUT2D eigenvalue weighted by molar-refractivity contribution is 6.34. The van der Waals surface area contributed by atoms with Crippen LogP contribution in [0, 0.1) is 0 Å². The largest absolute Gasteiger partial charge is 0.348 e. The van der Waals surface area contributed by atoms with Crippen LogP contribution < -0.4 is 5.32 Å². The zero-order chi connectivity index (χ0) is 17.9. The van der Waals surface area contributed by atoms with Crippen molar-refractivity contribution >= 4 is 28.3 Å². The fraction of sp³-hybridized carbons (Fsp3) is 0.238. The third kappa shape index (κ3) is 3.57. The Morgan fingerprint density at radius 3 is 2.65 bits per heavy atom. The maximum absolute atomic E-state index is 12.8. The lowest BCUT2D eigenvalue weighted by molar-refractivity contribution is 0.0939. The molecule has 5 heteroatoms. The summed E-state index contributed by atoms with van der Waals surface area (Å²) in [5.41, 5.74) is 1.87. The molecule has 1 unspecified atom stereocenters. The van der Waals surface area contributed by atoms with Crippen LogP contribution in [0.25, 0.3) is 10.8 Å². The van der Waals surface area contributed by atoms with E-state index in [0.717, 1.165) is 36.8 Å². The molecule has 0 bridgehead atoms. The smallest absolute Gasteiger partial charge is 0.253 e. The number of pyridine rings is 1. The quantitative estimate of drug-likeness (QED) is 0.713. The summed E-state index contributed by atoms with van der Waals surface area (Å²) in [6.45, 7) is 2.76. The number of nitrogens with zero attached hydrogens (tertiary/aromatic N) is 2. The van der Waals surface area contributed by atoms with E-state index in [1.165, 1.54) is 5.56 Å². The second kappa shape index (κ2) is 7.44. The van der Waals surface area contributed by atoms with Gasteiger partial charge in [-0.25, -0.2) is 4.98 Å². The Kier molecular flexibility index (Phi) is 4.87. The first-order chi connectivity index (χ1) is 12.7. The summed E-state index contributed by atoms with van der Waals surface area (Å²) in [5, 5.41) is 5.22. The van der Waals surface area contributed by atoms with Gasteiger partial charge in [0.25, 0.3) is 5.91 Å². The average molecular weight is 366 g/mol. The molecule has 4 rings (SSSR count). The molecular formula is C21H20ClN3O. The maximum Gasteiger partial charge on any atom is 0.253 e. The molecule has 1 atom stereocenters. The highest BCUT2D eigenvalue weighted by atomic mass is 35.5. The number of carbonyl (C=O) groups is 1. The first-order valence-corrected chi connectivity index (χ1v) is 9.19. The van der Waals surface area contributed by atoms with Crippen molar-refractivity contribution in [2.45, 2.75) is 19.0 Å². The normalized spacial score (nSPS) is 17.5. The standard InChI is InChI=1S/C21H20ClN3O/c22-20-18-9-5-4-8-17(18)19(12-23-20)21(26)24-16-10-11-25(14-16)13-15-6-2-1-3-7-15/h1-9,12,16H,10-11,13-14H2,(H,24,26). The third-order valence-corrected chi connectivity index (χ3v) is 5.15. The van der Waals surface area contributed by atoms with Gasteiger partial charge in [-0.1, -0.05) is 66.2 Å². The number of carbonyl (C=O) groups excluding carboxylic acids is 1. The number of hydrogen-bond acceptors (Lipinski definition) is 3. The second-order valence-corrected chi connectivity index (χ2v) is 7.05. The summed E-state index contributed by atoms with van der Waals surface area (Å²) in [4.78, 5) is 19.3. The predicted octanol–water partition coefficient (Wildman–Crippen LogP) is 3.89. The summed E-state index contributed by atoms with van der Waals surface area (Å²) in [5.74, 6) is -0.0862. The molecule has 0 spiro atoms. The van der Waals surface area contributed by atoms with Crippen molar-refractivity contribution < 1.29 is 4.79 Å². The molecule has 1 saturated heterocycles. The van der Waals surface area contributed by atoms with Crippen molar-refractivity contribution in [3.05, 3.63) is 77.1 Å². The lowest BCUT2D eigenvalue weighted by Gasteiger charge is -2.17. The van der Waals surface area contributed by atoms with Crippen LogP contribution >= 0.6 is 11.6 Å². The third-order valence-electron chi connectivity index (χ3n) is 4.85. The predicted molar refractivity (Wildman–Crippen MR) is 104 cm³/mol. The van der Waals surface area contributed by atoms with E-state index in [9.17, 15) is 4.79 Å². The van der Waals surface area contributed by atoms with Crippen LogP contribution in [0.1, 0.15) is 22.3 Å². The zero-order valence-electron chi connectivity index (χ0n) is 14.4. The Labute approximate surface area is 157 Å². The highest BCUT2D eigenvalue weighted by Gasteiger charge is 2.25. The first kappa shape index (κ1) is 17.0. The van der Waals surface area contributed by atoms with Gasteiger partial charge in [-0.3, -0.25) is 9.69 Å². The van der Waals surface area contributed by atoms with Crippen LogP contribution in [0.3, 0.4) is 0 Å². The number of halogens is 1. The molecule has 1 fully saturated rings. The van der Waals surface area contributed by atoms with Gasteiger partial charge in [-0.05, 0) is 17.4 Å². The lowest BCUT2D eigenvalue weighted by Crippen LogP contribution is -2.37. The Bertz CT molecular complexity index is 929. The van der Waals surface area contributed by atoms with Gasteiger partial charge in [-0.2, -0.15) is 0 Å². The van der Waals surface area contributed by atoms with Crippen LogP contribution in [-0.4, -0.2) is 34.9 Å². The molecule has 1 amide bonds. The molecule has 132 valence electrons. The van der Waals surface area contributed by atoms with Crippen molar-refractivity contribution in [3.8, 4) is 0 Å². The summed E-state index contributed by atoms with van der Waals surface area (Å²) >= 11 is 6.15. The lowest BCUT2D eigenvalue weighted by atomic mass is 10.1. The maximum atomic E-state index is 12.8. The van der Waals surface area contributed by atoms with Crippen LogP contribution in [0.2, 0.25) is 5.15 Å². The van der Waals surface area contributed by atoms with E-state index < -0.39 is 0 Å². The fourth-order valence-electron chi connectivity index (χ4n) is 3.54. The Morgan fingerprint density at radius 1 is 1.12 bits per heavy atom. The van der Waals surface area contributed by atoms with Crippen LogP contribution in [0.5, 0.6) is 0 Å².